The van der Waals surface area contributed by atoms with E-state index < -0.39 is 17.4 Å². The number of carboxylic acids is 1. The van der Waals surface area contributed by atoms with Crippen molar-refractivity contribution in [1.29, 1.82) is 0 Å². The van der Waals surface area contributed by atoms with Crippen molar-refractivity contribution in [3.63, 3.8) is 0 Å². The molecule has 0 spiro atoms. The van der Waals surface area contributed by atoms with Gasteiger partial charge < -0.3 is 10.4 Å². The molecule has 1 aliphatic heterocycles. The Bertz CT molecular complexity index is 548. The van der Waals surface area contributed by atoms with Crippen LogP contribution in [0, 0.1) is 0 Å². The highest BCUT2D eigenvalue weighted by atomic mass is 32.2. The van der Waals surface area contributed by atoms with E-state index in [0.29, 0.717) is 12.8 Å². The zero-order chi connectivity index (χ0) is 15.6. The van der Waals surface area contributed by atoms with Gasteiger partial charge in [0.1, 0.15) is 11.2 Å². The summed E-state index contributed by atoms with van der Waals surface area (Å²) in [5, 5.41) is 16.4. The molecule has 0 unspecified atom stereocenters. The van der Waals surface area contributed by atoms with Gasteiger partial charge in [0.15, 0.2) is 0 Å². The van der Waals surface area contributed by atoms with Crippen molar-refractivity contribution >= 4 is 23.6 Å². The smallest absolute Gasteiger partial charge is 0.329 e. The fourth-order valence-electron chi connectivity index (χ4n) is 2.53. The Morgan fingerprint density at radius 3 is 2.52 bits per heavy atom. The van der Waals surface area contributed by atoms with E-state index in [2.05, 4.69) is 10.4 Å². The van der Waals surface area contributed by atoms with Crippen molar-refractivity contribution in [2.75, 3.05) is 11.5 Å². The van der Waals surface area contributed by atoms with Crippen molar-refractivity contribution in [3.05, 3.63) is 17.5 Å². The van der Waals surface area contributed by atoms with Crippen LogP contribution in [-0.4, -0.2) is 43.8 Å². The second-order valence-corrected chi connectivity index (χ2v) is 6.91. The van der Waals surface area contributed by atoms with Crippen LogP contribution in [0.25, 0.3) is 0 Å². The molecular weight excluding hydrogens is 290 g/mol. The van der Waals surface area contributed by atoms with Crippen LogP contribution in [0.1, 0.15) is 48.8 Å². The van der Waals surface area contributed by atoms with E-state index in [4.69, 9.17) is 0 Å². The van der Waals surface area contributed by atoms with Crippen LogP contribution < -0.4 is 5.32 Å². The first-order valence-corrected chi connectivity index (χ1v) is 8.19. The van der Waals surface area contributed by atoms with Crippen LogP contribution >= 0.6 is 11.8 Å². The molecule has 0 bridgehead atoms. The summed E-state index contributed by atoms with van der Waals surface area (Å²) in [6, 6.07) is 1.73. The fraction of sp³-hybridized carbons (Fsp3) is 0.643. The molecule has 2 heterocycles. The highest BCUT2D eigenvalue weighted by molar-refractivity contribution is 7.99. The van der Waals surface area contributed by atoms with Crippen molar-refractivity contribution in [2.24, 2.45) is 7.05 Å². The number of hydrogen-bond donors (Lipinski definition) is 2. The first kappa shape index (κ1) is 15.9. The zero-order valence-corrected chi connectivity index (χ0v) is 13.4. The van der Waals surface area contributed by atoms with Gasteiger partial charge in [-0.2, -0.15) is 16.9 Å². The van der Waals surface area contributed by atoms with Gasteiger partial charge in [-0.1, -0.05) is 13.8 Å². The molecule has 0 saturated carbocycles. The molecule has 2 rings (SSSR count). The van der Waals surface area contributed by atoms with E-state index in [9.17, 15) is 14.7 Å². The van der Waals surface area contributed by atoms with Gasteiger partial charge in [0.05, 0.1) is 0 Å². The summed E-state index contributed by atoms with van der Waals surface area (Å²) in [6.45, 7) is 4.05. The predicted octanol–water partition coefficient (Wildman–Crippen LogP) is 1.62. The van der Waals surface area contributed by atoms with Gasteiger partial charge in [0.25, 0.3) is 5.91 Å². The van der Waals surface area contributed by atoms with Crippen LogP contribution in [0.15, 0.2) is 6.07 Å². The summed E-state index contributed by atoms with van der Waals surface area (Å²) >= 11 is 1.71. The molecule has 1 aliphatic rings. The number of aliphatic carboxylic acids is 1. The Kier molecular flexibility index (Phi) is 4.61. The van der Waals surface area contributed by atoms with Crippen molar-refractivity contribution in [3.8, 4) is 0 Å². The number of hydrogen-bond acceptors (Lipinski definition) is 4. The summed E-state index contributed by atoms with van der Waals surface area (Å²) in [5.74, 6) is 0.365. The molecule has 2 N–H and O–H groups in total. The van der Waals surface area contributed by atoms with Gasteiger partial charge in [-0.3, -0.25) is 9.48 Å². The lowest BCUT2D eigenvalue weighted by Crippen LogP contribution is -2.56. The molecule has 0 atom stereocenters. The second kappa shape index (κ2) is 6.09. The monoisotopic (exact) mass is 311 g/mol. The summed E-state index contributed by atoms with van der Waals surface area (Å²) in [6.07, 6.45) is 0.894. The number of carbonyl (C=O) groups is 2. The lowest BCUT2D eigenvalue weighted by atomic mass is 9.92. The average Bonchev–Trinajstić information content (AvgIpc) is 2.82. The molecule has 1 aromatic rings. The Labute approximate surface area is 128 Å². The number of aromatic nitrogens is 2. The van der Waals surface area contributed by atoms with E-state index in [0.717, 1.165) is 17.2 Å². The molecule has 1 fully saturated rings. The van der Waals surface area contributed by atoms with Crippen LogP contribution in [-0.2, 0) is 11.8 Å². The SMILES string of the molecule is CC(C)c1cc(C(=O)NC2(C(=O)O)CCSCC2)nn1C. The third kappa shape index (κ3) is 3.23. The maximum Gasteiger partial charge on any atom is 0.329 e. The van der Waals surface area contributed by atoms with Gasteiger partial charge >= 0.3 is 5.97 Å². The van der Waals surface area contributed by atoms with E-state index >= 15 is 0 Å². The minimum Gasteiger partial charge on any atom is -0.480 e. The normalized spacial score (nSPS) is 17.7. The fourth-order valence-corrected chi connectivity index (χ4v) is 3.72. The summed E-state index contributed by atoms with van der Waals surface area (Å²) in [7, 11) is 1.79. The molecular formula is C14H21N3O3S. The standard InChI is InChI=1S/C14H21N3O3S/c1-9(2)11-8-10(16-17(11)3)12(18)15-14(13(19)20)4-6-21-7-5-14/h8-9H,4-7H2,1-3H3,(H,15,18)(H,19,20). The quantitative estimate of drug-likeness (QED) is 0.883. The number of thioether (sulfide) groups is 1. The van der Waals surface area contributed by atoms with Crippen molar-refractivity contribution in [1.82, 2.24) is 15.1 Å². The van der Waals surface area contributed by atoms with E-state index in [1.165, 1.54) is 0 Å². The molecule has 1 amide bonds. The number of nitrogens with zero attached hydrogens (tertiary/aromatic N) is 2. The number of nitrogens with one attached hydrogen (secondary N) is 1. The summed E-state index contributed by atoms with van der Waals surface area (Å²) < 4.78 is 1.67. The predicted molar refractivity (Wildman–Crippen MR) is 81.7 cm³/mol. The summed E-state index contributed by atoms with van der Waals surface area (Å²) in [4.78, 5) is 23.9. The molecule has 116 valence electrons. The zero-order valence-electron chi connectivity index (χ0n) is 12.5. The lowest BCUT2D eigenvalue weighted by Gasteiger charge is -2.33. The number of rotatable bonds is 4. The van der Waals surface area contributed by atoms with Gasteiger partial charge in [-0.15, -0.1) is 0 Å². The molecule has 0 radical (unpaired) electrons. The molecule has 0 aliphatic carbocycles. The van der Waals surface area contributed by atoms with Gasteiger partial charge in [-0.05, 0) is 36.3 Å². The maximum atomic E-state index is 12.4. The molecule has 21 heavy (non-hydrogen) atoms. The maximum absolute atomic E-state index is 12.4. The molecule has 0 aromatic carbocycles. The second-order valence-electron chi connectivity index (χ2n) is 5.69. The molecule has 1 saturated heterocycles. The highest BCUT2D eigenvalue weighted by Crippen LogP contribution is 2.28. The van der Waals surface area contributed by atoms with Crippen molar-refractivity contribution in [2.45, 2.75) is 38.1 Å². The molecule has 7 heteroatoms. The first-order valence-electron chi connectivity index (χ1n) is 7.03. The third-order valence-electron chi connectivity index (χ3n) is 3.85. The number of aryl methyl sites for hydroxylation is 1. The van der Waals surface area contributed by atoms with E-state index in [1.54, 1.807) is 29.6 Å². The van der Waals surface area contributed by atoms with E-state index in [-0.39, 0.29) is 11.6 Å². The Morgan fingerprint density at radius 2 is 2.05 bits per heavy atom. The molecule has 6 nitrogen and oxygen atoms in total. The largest absolute Gasteiger partial charge is 0.480 e. The first-order chi connectivity index (χ1) is 9.85. The Balaban J connectivity index is 2.19. The number of carboxylic acid groups (broad SMARTS) is 1. The average molecular weight is 311 g/mol. The van der Waals surface area contributed by atoms with Gasteiger partial charge in [0, 0.05) is 12.7 Å². The Hall–Kier alpha value is -1.50. The Morgan fingerprint density at radius 1 is 1.43 bits per heavy atom. The van der Waals surface area contributed by atoms with E-state index in [1.807, 2.05) is 13.8 Å². The third-order valence-corrected chi connectivity index (χ3v) is 4.83. The lowest BCUT2D eigenvalue weighted by molar-refractivity contribution is -0.144. The molecule has 1 aromatic heterocycles. The van der Waals surface area contributed by atoms with Crippen LogP contribution in [0.3, 0.4) is 0 Å². The topological polar surface area (TPSA) is 84.2 Å². The summed E-state index contributed by atoms with van der Waals surface area (Å²) in [5.41, 5.74) is 0.0708. The van der Waals surface area contributed by atoms with Crippen LogP contribution in [0.5, 0.6) is 0 Å². The van der Waals surface area contributed by atoms with Crippen LogP contribution in [0.4, 0.5) is 0 Å². The highest BCUT2D eigenvalue weighted by Gasteiger charge is 2.41. The number of amides is 1. The van der Waals surface area contributed by atoms with Crippen molar-refractivity contribution < 1.29 is 14.7 Å². The minimum atomic E-state index is -1.15. The van der Waals surface area contributed by atoms with Gasteiger partial charge in [-0.25, -0.2) is 4.79 Å². The number of carbonyl (C=O) groups excluding carboxylic acids is 1. The van der Waals surface area contributed by atoms with Crippen LogP contribution in [0.2, 0.25) is 0 Å². The minimum absolute atomic E-state index is 0.253. The van der Waals surface area contributed by atoms with Gasteiger partial charge in [0.2, 0.25) is 0 Å².